The van der Waals surface area contributed by atoms with E-state index in [1.165, 1.54) is 27.8 Å². The van der Waals surface area contributed by atoms with Crippen LogP contribution >= 0.6 is 11.3 Å². The van der Waals surface area contributed by atoms with E-state index in [2.05, 4.69) is 6.07 Å². The van der Waals surface area contributed by atoms with Crippen molar-refractivity contribution in [3.8, 4) is 0 Å². The van der Waals surface area contributed by atoms with Crippen molar-refractivity contribution in [1.29, 1.82) is 0 Å². The van der Waals surface area contributed by atoms with Gasteiger partial charge in [-0.05, 0) is 67.6 Å². The van der Waals surface area contributed by atoms with Crippen LogP contribution in [0.5, 0.6) is 0 Å². The first kappa shape index (κ1) is 26.5. The number of hydrogen-bond acceptors (Lipinski definition) is 6. The summed E-state index contributed by atoms with van der Waals surface area (Å²) in [5.41, 5.74) is 4.38. The summed E-state index contributed by atoms with van der Waals surface area (Å²) in [6.45, 7) is 5.41. The molecule has 198 valence electrons. The Morgan fingerprint density at radius 3 is 2.39 bits per heavy atom. The normalized spacial score (nSPS) is 15.8. The second-order valence-corrected chi connectivity index (χ2v) is 12.7. The van der Waals surface area contributed by atoms with Gasteiger partial charge in [0.2, 0.25) is 10.0 Å². The van der Waals surface area contributed by atoms with Crippen LogP contribution in [-0.2, 0) is 21.3 Å². The molecule has 1 amide bonds. The predicted molar refractivity (Wildman–Crippen MR) is 151 cm³/mol. The molecule has 0 N–H and O–H groups in total. The number of anilines is 1. The zero-order valence-electron chi connectivity index (χ0n) is 21.8. The van der Waals surface area contributed by atoms with Crippen LogP contribution in [0, 0.1) is 13.8 Å². The molecule has 1 aliphatic rings. The van der Waals surface area contributed by atoms with Crippen LogP contribution in [0.25, 0.3) is 10.2 Å². The first-order valence-electron chi connectivity index (χ1n) is 12.6. The summed E-state index contributed by atoms with van der Waals surface area (Å²) in [5.74, 6) is -0.226. The minimum Gasteiger partial charge on any atom is -0.376 e. The Bertz CT molecular complexity index is 1510. The highest BCUT2D eigenvalue weighted by atomic mass is 32.2. The minimum absolute atomic E-state index is 0.0561. The molecular weight excluding hydrogens is 518 g/mol. The van der Waals surface area contributed by atoms with Crippen molar-refractivity contribution in [2.24, 2.45) is 0 Å². The maximum absolute atomic E-state index is 13.8. The number of nitrogens with zero attached hydrogens (tertiary/aromatic N) is 3. The van der Waals surface area contributed by atoms with E-state index < -0.39 is 10.0 Å². The summed E-state index contributed by atoms with van der Waals surface area (Å²) in [5, 5.41) is 0.622. The van der Waals surface area contributed by atoms with Gasteiger partial charge in [0.15, 0.2) is 5.13 Å². The van der Waals surface area contributed by atoms with E-state index >= 15 is 0 Å². The van der Waals surface area contributed by atoms with Gasteiger partial charge in [0.1, 0.15) is 0 Å². The third-order valence-electron chi connectivity index (χ3n) is 6.87. The van der Waals surface area contributed by atoms with Gasteiger partial charge >= 0.3 is 0 Å². The number of fused-ring (bicyclic) bond motifs is 1. The van der Waals surface area contributed by atoms with E-state index in [0.29, 0.717) is 23.8 Å². The smallest absolute Gasteiger partial charge is 0.260 e. The van der Waals surface area contributed by atoms with Crippen LogP contribution in [0.4, 0.5) is 5.13 Å². The summed E-state index contributed by atoms with van der Waals surface area (Å²) in [6.07, 6.45) is 1.80. The molecule has 3 aromatic carbocycles. The minimum atomic E-state index is -3.72. The first-order chi connectivity index (χ1) is 18.2. The maximum atomic E-state index is 13.8. The lowest BCUT2D eigenvalue weighted by Gasteiger charge is -2.23. The van der Waals surface area contributed by atoms with Gasteiger partial charge < -0.3 is 4.74 Å². The second kappa shape index (κ2) is 10.9. The van der Waals surface area contributed by atoms with Crippen molar-refractivity contribution in [3.05, 3.63) is 89.0 Å². The molecule has 1 atom stereocenters. The molecule has 0 bridgehead atoms. The van der Waals surface area contributed by atoms with Crippen LogP contribution in [0.15, 0.2) is 71.6 Å². The van der Waals surface area contributed by atoms with Crippen molar-refractivity contribution < 1.29 is 17.9 Å². The van der Waals surface area contributed by atoms with Gasteiger partial charge in [0, 0.05) is 25.8 Å². The molecule has 5 rings (SSSR count). The Morgan fingerprint density at radius 1 is 1.03 bits per heavy atom. The fourth-order valence-corrected chi connectivity index (χ4v) is 6.91. The molecule has 2 heterocycles. The van der Waals surface area contributed by atoms with E-state index in [9.17, 15) is 13.2 Å². The Hall–Kier alpha value is -3.11. The lowest BCUT2D eigenvalue weighted by molar-refractivity contribution is 0.0917. The predicted octanol–water partition coefficient (Wildman–Crippen LogP) is 5.56. The highest BCUT2D eigenvalue weighted by molar-refractivity contribution is 7.89. The molecule has 0 spiro atoms. The number of sulfonamides is 1. The van der Waals surface area contributed by atoms with Gasteiger partial charge in [0.25, 0.3) is 5.91 Å². The number of rotatable bonds is 8. The Labute approximate surface area is 227 Å². The molecular formula is C29H31N3O4S2. The number of aryl methyl sites for hydroxylation is 2. The van der Waals surface area contributed by atoms with Gasteiger partial charge in [-0.3, -0.25) is 9.69 Å². The second-order valence-electron chi connectivity index (χ2n) is 9.70. The third kappa shape index (κ3) is 5.37. The Balaban J connectivity index is 1.42. The molecule has 1 aromatic heterocycles. The molecule has 7 nitrogen and oxygen atoms in total. The average molecular weight is 550 g/mol. The molecule has 1 saturated heterocycles. The van der Waals surface area contributed by atoms with Gasteiger partial charge in [-0.2, -0.15) is 4.31 Å². The van der Waals surface area contributed by atoms with Crippen LogP contribution in [-0.4, -0.2) is 49.9 Å². The largest absolute Gasteiger partial charge is 0.376 e. The standard InChI is InChI=1S/C29H31N3O4S2/c1-20-11-12-21(2)27-26(20)30-29(37-27)32(19-24-10-7-17-36-24)28(33)23-13-15-25(16-14-23)38(34,35)31(3)18-22-8-5-4-6-9-22/h4-6,8-9,11-16,24H,7,10,17-19H2,1-3H3. The molecule has 0 radical (unpaired) electrons. The summed E-state index contributed by atoms with van der Waals surface area (Å²) in [6, 6.07) is 19.7. The van der Waals surface area contributed by atoms with E-state index in [4.69, 9.17) is 9.72 Å². The summed E-state index contributed by atoms with van der Waals surface area (Å²) < 4.78 is 34.6. The van der Waals surface area contributed by atoms with Gasteiger partial charge in [-0.1, -0.05) is 53.8 Å². The van der Waals surface area contributed by atoms with Crippen molar-refractivity contribution >= 4 is 42.6 Å². The van der Waals surface area contributed by atoms with Crippen LogP contribution in [0.2, 0.25) is 0 Å². The maximum Gasteiger partial charge on any atom is 0.260 e. The van der Waals surface area contributed by atoms with E-state index in [-0.39, 0.29) is 23.5 Å². The molecule has 1 aliphatic heterocycles. The highest BCUT2D eigenvalue weighted by Crippen LogP contribution is 2.34. The SMILES string of the molecule is Cc1ccc(C)c2sc(N(CC3CCCO3)C(=O)c3ccc(S(=O)(=O)N(C)Cc4ccccc4)cc3)nc12. The number of amides is 1. The van der Waals surface area contributed by atoms with Crippen LogP contribution in [0.3, 0.4) is 0 Å². The molecule has 1 fully saturated rings. The van der Waals surface area contributed by atoms with Crippen molar-refractivity contribution in [1.82, 2.24) is 9.29 Å². The zero-order valence-corrected chi connectivity index (χ0v) is 23.4. The average Bonchev–Trinajstić information content (AvgIpc) is 3.61. The van der Waals surface area contributed by atoms with Crippen LogP contribution in [0.1, 0.15) is 39.9 Å². The summed E-state index contributed by atoms with van der Waals surface area (Å²) in [4.78, 5) is 20.5. The molecule has 1 unspecified atom stereocenters. The number of benzene rings is 3. The fourth-order valence-electron chi connectivity index (χ4n) is 4.63. The van der Waals surface area contributed by atoms with Crippen LogP contribution < -0.4 is 4.90 Å². The van der Waals surface area contributed by atoms with Gasteiger partial charge in [-0.15, -0.1) is 0 Å². The molecule has 9 heteroatoms. The molecule has 0 saturated carbocycles. The van der Waals surface area contributed by atoms with Gasteiger partial charge in [0.05, 0.1) is 27.8 Å². The van der Waals surface area contributed by atoms with E-state index in [1.54, 1.807) is 24.1 Å². The van der Waals surface area contributed by atoms with Crippen molar-refractivity contribution in [3.63, 3.8) is 0 Å². The number of carbonyl (C=O) groups is 1. The van der Waals surface area contributed by atoms with Gasteiger partial charge in [-0.25, -0.2) is 13.4 Å². The summed E-state index contributed by atoms with van der Waals surface area (Å²) >= 11 is 1.50. The monoisotopic (exact) mass is 549 g/mol. The lowest BCUT2D eigenvalue weighted by Crippen LogP contribution is -2.37. The van der Waals surface area contributed by atoms with E-state index in [1.807, 2.05) is 50.2 Å². The topological polar surface area (TPSA) is 79.8 Å². The molecule has 0 aliphatic carbocycles. The molecule has 4 aromatic rings. The van der Waals surface area contributed by atoms with Crippen molar-refractivity contribution in [2.75, 3.05) is 25.1 Å². The number of hydrogen-bond donors (Lipinski definition) is 0. The first-order valence-corrected chi connectivity index (χ1v) is 14.9. The fraction of sp³-hybridized carbons (Fsp3) is 0.310. The van der Waals surface area contributed by atoms with E-state index in [0.717, 1.165) is 39.7 Å². The van der Waals surface area contributed by atoms with Crippen molar-refractivity contribution in [2.45, 2.75) is 44.2 Å². The number of ether oxygens (including phenoxy) is 1. The Morgan fingerprint density at radius 2 is 1.74 bits per heavy atom. The third-order valence-corrected chi connectivity index (χ3v) is 9.91. The zero-order chi connectivity index (χ0) is 26.9. The summed E-state index contributed by atoms with van der Waals surface area (Å²) in [7, 11) is -2.16. The number of aromatic nitrogens is 1. The highest BCUT2D eigenvalue weighted by Gasteiger charge is 2.28. The number of thiazole rings is 1. The molecule has 38 heavy (non-hydrogen) atoms. The lowest BCUT2D eigenvalue weighted by atomic mass is 10.1. The number of carbonyl (C=O) groups excluding carboxylic acids is 1. The Kier molecular flexibility index (Phi) is 7.63. The quantitative estimate of drug-likeness (QED) is 0.288.